The van der Waals surface area contributed by atoms with Crippen molar-refractivity contribution >= 4 is 29.5 Å². The predicted octanol–water partition coefficient (Wildman–Crippen LogP) is 0.326. The standard InChI is InChI=1S/C32H44N6O6/c1-20(2)16-26-31(43)34-14-15-38(26)32(44)27(18-22-8-6-5-7-9-22)37(4)28(40)19-35-29(41)21(3)36-30(42)25(33)17-23-10-12-24(39)13-11-23/h5-13,20-21,25-27,39H,14-19,33H2,1-4H3,(H,34,43)(H,35,41)(H,36,42)/t21-,25+,26-,27+/m1/s1. The number of likely N-dealkylation sites (N-methyl/N-ethyl adjacent to an activating group) is 1. The molecule has 1 fully saturated rings. The minimum absolute atomic E-state index is 0.0993. The van der Waals surface area contributed by atoms with Gasteiger partial charge in [-0.25, -0.2) is 0 Å². The SMILES string of the molecule is CC(C)C[C@@H]1C(=O)NCCN1C(=O)[C@H](Cc1ccccc1)N(C)C(=O)CNC(=O)[C@@H](C)NC(=O)[C@@H](N)Cc1ccc(O)cc1. The van der Waals surface area contributed by atoms with Gasteiger partial charge >= 0.3 is 0 Å². The van der Waals surface area contributed by atoms with Crippen molar-refractivity contribution in [3.8, 4) is 5.75 Å². The second-order valence-corrected chi connectivity index (χ2v) is 11.6. The lowest BCUT2D eigenvalue weighted by Gasteiger charge is -2.40. The molecule has 1 aliphatic heterocycles. The van der Waals surface area contributed by atoms with Crippen molar-refractivity contribution in [3.05, 3.63) is 65.7 Å². The third-order valence-corrected chi connectivity index (χ3v) is 7.62. The zero-order chi connectivity index (χ0) is 32.4. The molecule has 0 unspecified atom stereocenters. The largest absolute Gasteiger partial charge is 0.508 e. The Labute approximate surface area is 258 Å². The lowest BCUT2D eigenvalue weighted by atomic mass is 9.97. The average Bonchev–Trinajstić information content (AvgIpc) is 3.00. The van der Waals surface area contributed by atoms with Gasteiger partial charge in [-0.2, -0.15) is 0 Å². The number of piperazine rings is 1. The Morgan fingerprint density at radius 3 is 2.27 bits per heavy atom. The number of carbonyl (C=O) groups excluding carboxylic acids is 5. The summed E-state index contributed by atoms with van der Waals surface area (Å²) in [7, 11) is 1.51. The molecule has 1 saturated heterocycles. The van der Waals surface area contributed by atoms with Gasteiger partial charge in [-0.15, -0.1) is 0 Å². The van der Waals surface area contributed by atoms with Crippen LogP contribution in [0.3, 0.4) is 0 Å². The number of carbonyl (C=O) groups is 5. The quantitative estimate of drug-likeness (QED) is 0.218. The van der Waals surface area contributed by atoms with Crippen LogP contribution in [0.25, 0.3) is 0 Å². The molecule has 2 aromatic rings. The summed E-state index contributed by atoms with van der Waals surface area (Å²) in [6.07, 6.45) is 0.927. The lowest BCUT2D eigenvalue weighted by Crippen LogP contribution is -2.62. The Morgan fingerprint density at radius 1 is 1.00 bits per heavy atom. The first kappa shape index (κ1) is 34.0. The van der Waals surface area contributed by atoms with Crippen LogP contribution in [0.1, 0.15) is 38.3 Å². The van der Waals surface area contributed by atoms with Gasteiger partial charge in [0.2, 0.25) is 29.5 Å². The summed E-state index contributed by atoms with van der Waals surface area (Å²) in [6, 6.07) is 12.1. The minimum Gasteiger partial charge on any atom is -0.508 e. The van der Waals surface area contributed by atoms with Gasteiger partial charge in [0.25, 0.3) is 0 Å². The highest BCUT2D eigenvalue weighted by Crippen LogP contribution is 2.19. The van der Waals surface area contributed by atoms with E-state index in [-0.39, 0.29) is 36.3 Å². The molecule has 12 nitrogen and oxygen atoms in total. The van der Waals surface area contributed by atoms with Crippen LogP contribution in [0.2, 0.25) is 0 Å². The molecular weight excluding hydrogens is 564 g/mol. The highest BCUT2D eigenvalue weighted by Gasteiger charge is 2.39. The van der Waals surface area contributed by atoms with E-state index in [0.717, 1.165) is 11.1 Å². The number of nitrogens with one attached hydrogen (secondary N) is 3. The van der Waals surface area contributed by atoms with Crippen molar-refractivity contribution in [3.63, 3.8) is 0 Å². The van der Waals surface area contributed by atoms with Crippen LogP contribution in [-0.4, -0.2) is 95.3 Å². The monoisotopic (exact) mass is 608 g/mol. The molecule has 44 heavy (non-hydrogen) atoms. The highest BCUT2D eigenvalue weighted by molar-refractivity contribution is 5.95. The number of rotatable bonds is 13. The predicted molar refractivity (Wildman–Crippen MR) is 165 cm³/mol. The maximum atomic E-state index is 14.0. The maximum Gasteiger partial charge on any atom is 0.246 e. The normalized spacial score (nSPS) is 16.8. The Morgan fingerprint density at radius 2 is 1.64 bits per heavy atom. The highest BCUT2D eigenvalue weighted by atomic mass is 16.3. The van der Waals surface area contributed by atoms with E-state index in [9.17, 15) is 29.1 Å². The third-order valence-electron chi connectivity index (χ3n) is 7.62. The van der Waals surface area contributed by atoms with Crippen molar-refractivity contribution in [2.24, 2.45) is 11.7 Å². The van der Waals surface area contributed by atoms with Gasteiger partial charge in [-0.05, 0) is 48.9 Å². The Balaban J connectivity index is 1.64. The fraction of sp³-hybridized carbons (Fsp3) is 0.469. The smallest absolute Gasteiger partial charge is 0.246 e. The zero-order valence-electron chi connectivity index (χ0n) is 25.8. The summed E-state index contributed by atoms with van der Waals surface area (Å²) in [6.45, 7) is 5.70. The molecule has 5 amide bonds. The molecule has 0 aromatic heterocycles. The fourth-order valence-electron chi connectivity index (χ4n) is 5.06. The molecule has 1 heterocycles. The topological polar surface area (TPSA) is 174 Å². The van der Waals surface area contributed by atoms with E-state index in [1.807, 2.05) is 44.2 Å². The van der Waals surface area contributed by atoms with Gasteiger partial charge in [0.1, 0.15) is 23.9 Å². The number of hydrogen-bond donors (Lipinski definition) is 5. The van der Waals surface area contributed by atoms with Crippen LogP contribution in [-0.2, 0) is 36.8 Å². The number of benzene rings is 2. The molecule has 1 aliphatic rings. The van der Waals surface area contributed by atoms with Crippen molar-refractivity contribution in [2.75, 3.05) is 26.7 Å². The molecule has 0 radical (unpaired) electrons. The van der Waals surface area contributed by atoms with E-state index in [1.54, 1.807) is 17.0 Å². The molecule has 0 bridgehead atoms. The van der Waals surface area contributed by atoms with Gasteiger partial charge < -0.3 is 36.6 Å². The molecule has 12 heteroatoms. The van der Waals surface area contributed by atoms with Gasteiger partial charge in [0.15, 0.2) is 0 Å². The molecule has 0 aliphatic carbocycles. The fourth-order valence-corrected chi connectivity index (χ4v) is 5.06. The number of nitrogens with zero attached hydrogens (tertiary/aromatic N) is 2. The number of hydrogen-bond acceptors (Lipinski definition) is 7. The van der Waals surface area contributed by atoms with E-state index in [0.29, 0.717) is 19.5 Å². The number of aromatic hydroxyl groups is 1. The van der Waals surface area contributed by atoms with E-state index in [1.165, 1.54) is 31.0 Å². The van der Waals surface area contributed by atoms with Crippen LogP contribution >= 0.6 is 0 Å². The summed E-state index contributed by atoms with van der Waals surface area (Å²) in [5, 5.41) is 17.3. The number of phenolic OH excluding ortho intramolecular Hbond substituents is 1. The van der Waals surface area contributed by atoms with Crippen molar-refractivity contribution in [1.29, 1.82) is 0 Å². The van der Waals surface area contributed by atoms with E-state index in [2.05, 4.69) is 16.0 Å². The minimum atomic E-state index is -0.975. The van der Waals surface area contributed by atoms with Crippen molar-refractivity contribution < 1.29 is 29.1 Å². The number of amides is 5. The first-order valence-corrected chi connectivity index (χ1v) is 14.9. The van der Waals surface area contributed by atoms with Crippen LogP contribution in [0, 0.1) is 5.92 Å². The second kappa shape index (κ2) is 15.9. The molecule has 2 aromatic carbocycles. The average molecular weight is 609 g/mol. The number of phenols is 1. The molecule has 238 valence electrons. The molecule has 0 saturated carbocycles. The summed E-state index contributed by atoms with van der Waals surface area (Å²) >= 11 is 0. The Bertz CT molecular complexity index is 1300. The second-order valence-electron chi connectivity index (χ2n) is 11.6. The first-order chi connectivity index (χ1) is 20.9. The number of nitrogens with two attached hydrogens (primary N) is 1. The lowest BCUT2D eigenvalue weighted by molar-refractivity contribution is -0.151. The van der Waals surface area contributed by atoms with Crippen LogP contribution in [0.5, 0.6) is 5.75 Å². The molecule has 4 atom stereocenters. The van der Waals surface area contributed by atoms with Gasteiger partial charge in [0.05, 0.1) is 12.6 Å². The summed E-state index contributed by atoms with van der Waals surface area (Å²) in [5.41, 5.74) is 7.59. The summed E-state index contributed by atoms with van der Waals surface area (Å²) in [5.74, 6) is -1.91. The van der Waals surface area contributed by atoms with Crippen LogP contribution in [0.15, 0.2) is 54.6 Å². The van der Waals surface area contributed by atoms with Crippen LogP contribution in [0.4, 0.5) is 0 Å². The zero-order valence-corrected chi connectivity index (χ0v) is 25.8. The molecule has 6 N–H and O–H groups in total. The van der Waals surface area contributed by atoms with Gasteiger partial charge in [-0.1, -0.05) is 56.3 Å². The summed E-state index contributed by atoms with van der Waals surface area (Å²) in [4.78, 5) is 68.2. The first-order valence-electron chi connectivity index (χ1n) is 14.9. The van der Waals surface area contributed by atoms with Gasteiger partial charge in [-0.3, -0.25) is 24.0 Å². The third kappa shape index (κ3) is 9.53. The van der Waals surface area contributed by atoms with E-state index >= 15 is 0 Å². The summed E-state index contributed by atoms with van der Waals surface area (Å²) < 4.78 is 0. The maximum absolute atomic E-state index is 14.0. The van der Waals surface area contributed by atoms with Gasteiger partial charge in [0, 0.05) is 26.6 Å². The molecule has 0 spiro atoms. The van der Waals surface area contributed by atoms with E-state index < -0.39 is 48.4 Å². The Hall–Kier alpha value is -4.45. The van der Waals surface area contributed by atoms with Crippen LogP contribution < -0.4 is 21.7 Å². The molecule has 3 rings (SSSR count). The van der Waals surface area contributed by atoms with E-state index in [4.69, 9.17) is 5.73 Å². The van der Waals surface area contributed by atoms with Crippen molar-refractivity contribution in [2.45, 2.75) is 64.2 Å². The Kier molecular flexibility index (Phi) is 12.3. The van der Waals surface area contributed by atoms with Crippen molar-refractivity contribution in [1.82, 2.24) is 25.8 Å². The molecular formula is C32H44N6O6.